The van der Waals surface area contributed by atoms with E-state index >= 15 is 0 Å². The van der Waals surface area contributed by atoms with Gasteiger partial charge in [-0.05, 0) is 32.0 Å². The van der Waals surface area contributed by atoms with Gasteiger partial charge in [0.2, 0.25) is 5.91 Å². The first kappa shape index (κ1) is 17.6. The van der Waals surface area contributed by atoms with Gasteiger partial charge in [-0.25, -0.2) is 0 Å². The highest BCUT2D eigenvalue weighted by Crippen LogP contribution is 2.35. The van der Waals surface area contributed by atoms with E-state index in [9.17, 15) is 18.0 Å². The zero-order valence-corrected chi connectivity index (χ0v) is 13.0. The molecule has 0 atom stereocenters. The van der Waals surface area contributed by atoms with E-state index in [1.54, 1.807) is 13.8 Å². The molecule has 9 heteroatoms. The maximum Gasteiger partial charge on any atom is 0.416 e. The summed E-state index contributed by atoms with van der Waals surface area (Å²) in [5.41, 5.74) is -0.751. The fourth-order valence-corrected chi connectivity index (χ4v) is 1.91. The Balaban J connectivity index is 2.07. The smallest absolute Gasteiger partial charge is 0.416 e. The lowest BCUT2D eigenvalue weighted by atomic mass is 10.1. The maximum atomic E-state index is 12.8. The average Bonchev–Trinajstić information content (AvgIpc) is 2.90. The van der Waals surface area contributed by atoms with E-state index in [0.717, 1.165) is 12.1 Å². The molecule has 0 fully saturated rings. The van der Waals surface area contributed by atoms with Crippen LogP contribution in [0.15, 0.2) is 28.8 Å². The minimum absolute atomic E-state index is 0.0816. The Hall–Kier alpha value is -2.71. The Kier molecular flexibility index (Phi) is 5.32. The van der Waals surface area contributed by atoms with Gasteiger partial charge in [-0.2, -0.15) is 13.2 Å². The van der Waals surface area contributed by atoms with Gasteiger partial charge in [-0.15, -0.1) is 0 Å². The summed E-state index contributed by atoms with van der Waals surface area (Å²) in [6, 6.07) is 4.56. The topological polar surface area (TPSA) is 76.4 Å². The van der Waals surface area contributed by atoms with E-state index in [1.807, 2.05) is 0 Å². The van der Waals surface area contributed by atoms with Gasteiger partial charge in [0.15, 0.2) is 5.82 Å². The van der Waals surface area contributed by atoms with E-state index in [4.69, 9.17) is 9.26 Å². The average molecular weight is 343 g/mol. The monoisotopic (exact) mass is 343 g/mol. The van der Waals surface area contributed by atoms with Gasteiger partial charge < -0.3 is 19.9 Å². The number of halogens is 3. The van der Waals surface area contributed by atoms with Crippen molar-refractivity contribution in [3.05, 3.63) is 35.6 Å². The fraction of sp³-hybridized carbons (Fsp3) is 0.333. The normalized spacial score (nSPS) is 11.2. The van der Waals surface area contributed by atoms with Gasteiger partial charge >= 0.3 is 6.18 Å². The number of carbonyl (C=O) groups is 1. The second kappa shape index (κ2) is 7.24. The third kappa shape index (κ3) is 4.64. The molecule has 1 aromatic heterocycles. The second-order valence-electron chi connectivity index (χ2n) is 4.87. The molecule has 0 radical (unpaired) electrons. The van der Waals surface area contributed by atoms with E-state index in [2.05, 4.69) is 15.8 Å². The van der Waals surface area contributed by atoms with E-state index in [-0.39, 0.29) is 30.4 Å². The lowest BCUT2D eigenvalue weighted by Crippen LogP contribution is -2.22. The molecule has 1 amide bonds. The number of ether oxygens (including phenoxy) is 1. The number of rotatable bonds is 6. The van der Waals surface area contributed by atoms with Crippen molar-refractivity contribution in [3.8, 4) is 5.75 Å². The number of nitrogens with one attached hydrogen (secondary N) is 2. The van der Waals surface area contributed by atoms with Crippen molar-refractivity contribution < 1.29 is 27.2 Å². The van der Waals surface area contributed by atoms with Crippen molar-refractivity contribution in [3.63, 3.8) is 0 Å². The third-order valence-electron chi connectivity index (χ3n) is 2.94. The predicted octanol–water partition coefficient (Wildman–Crippen LogP) is 3.45. The molecular weight excluding hydrogens is 327 g/mol. The fourth-order valence-electron chi connectivity index (χ4n) is 1.91. The molecule has 0 aliphatic carbocycles. The van der Waals surface area contributed by atoms with Crippen molar-refractivity contribution in [1.29, 1.82) is 0 Å². The zero-order valence-electron chi connectivity index (χ0n) is 13.0. The summed E-state index contributed by atoms with van der Waals surface area (Å²) in [4.78, 5) is 11.8. The molecular formula is C15H16F3N3O3. The molecule has 6 nitrogen and oxygen atoms in total. The molecule has 0 saturated heterocycles. The maximum absolute atomic E-state index is 12.8. The first-order valence-electron chi connectivity index (χ1n) is 7.10. The summed E-state index contributed by atoms with van der Waals surface area (Å²) in [5.74, 6) is 0.502. The van der Waals surface area contributed by atoms with Crippen LogP contribution in [0.25, 0.3) is 0 Å². The minimum atomic E-state index is -4.48. The van der Waals surface area contributed by atoms with Gasteiger partial charge in [-0.3, -0.25) is 4.79 Å². The van der Waals surface area contributed by atoms with Crippen LogP contribution in [0.3, 0.4) is 0 Å². The molecule has 2 rings (SSSR count). The molecule has 130 valence electrons. The standard InChI is InChI=1S/C15H16F3N3O3/c1-3-23-12-5-4-10(15(16,17)18)7-11(12)19-8-14(22)20-13-6-9(2)24-21-13/h4-7,19H,3,8H2,1-2H3,(H,20,21,22). The Morgan fingerprint density at radius 3 is 2.67 bits per heavy atom. The Morgan fingerprint density at radius 1 is 1.33 bits per heavy atom. The summed E-state index contributed by atoms with van der Waals surface area (Å²) in [7, 11) is 0. The molecule has 0 spiro atoms. The van der Waals surface area contributed by atoms with Crippen molar-refractivity contribution >= 4 is 17.4 Å². The Bertz CT molecular complexity index is 713. The van der Waals surface area contributed by atoms with Gasteiger partial charge in [-0.1, -0.05) is 5.16 Å². The quantitative estimate of drug-likeness (QED) is 0.840. The number of carbonyl (C=O) groups excluding carboxylic acids is 1. The number of hydrogen-bond acceptors (Lipinski definition) is 5. The molecule has 1 heterocycles. The molecule has 1 aromatic carbocycles. The number of nitrogens with zero attached hydrogens (tertiary/aromatic N) is 1. The highest BCUT2D eigenvalue weighted by atomic mass is 19.4. The van der Waals surface area contributed by atoms with Crippen molar-refractivity contribution in [2.75, 3.05) is 23.8 Å². The van der Waals surface area contributed by atoms with Crippen molar-refractivity contribution in [2.24, 2.45) is 0 Å². The zero-order chi connectivity index (χ0) is 17.7. The van der Waals surface area contributed by atoms with Crippen molar-refractivity contribution in [2.45, 2.75) is 20.0 Å². The Morgan fingerprint density at radius 2 is 2.08 bits per heavy atom. The first-order chi connectivity index (χ1) is 11.3. The SMILES string of the molecule is CCOc1ccc(C(F)(F)F)cc1NCC(=O)Nc1cc(C)on1. The third-order valence-corrected chi connectivity index (χ3v) is 2.94. The number of alkyl halides is 3. The van der Waals surface area contributed by atoms with Crippen LogP contribution in [0.2, 0.25) is 0 Å². The number of anilines is 2. The van der Waals surface area contributed by atoms with Crippen LogP contribution in [0, 0.1) is 6.92 Å². The van der Waals surface area contributed by atoms with Crippen LogP contribution in [-0.2, 0) is 11.0 Å². The van der Waals surface area contributed by atoms with Crippen LogP contribution >= 0.6 is 0 Å². The van der Waals surface area contributed by atoms with Gasteiger partial charge in [0.25, 0.3) is 0 Å². The number of benzene rings is 1. The van der Waals surface area contributed by atoms with Gasteiger partial charge in [0, 0.05) is 6.07 Å². The lowest BCUT2D eigenvalue weighted by Gasteiger charge is -2.15. The highest BCUT2D eigenvalue weighted by Gasteiger charge is 2.31. The molecule has 24 heavy (non-hydrogen) atoms. The molecule has 0 unspecified atom stereocenters. The van der Waals surface area contributed by atoms with Gasteiger partial charge in [0.05, 0.1) is 24.4 Å². The lowest BCUT2D eigenvalue weighted by molar-refractivity contribution is -0.137. The van der Waals surface area contributed by atoms with E-state index in [0.29, 0.717) is 5.76 Å². The summed E-state index contributed by atoms with van der Waals surface area (Å²) < 4.78 is 48.5. The number of hydrogen-bond donors (Lipinski definition) is 2. The molecule has 0 bridgehead atoms. The van der Waals surface area contributed by atoms with E-state index in [1.165, 1.54) is 12.1 Å². The number of aromatic nitrogens is 1. The van der Waals surface area contributed by atoms with Crippen molar-refractivity contribution in [1.82, 2.24) is 5.16 Å². The van der Waals surface area contributed by atoms with Crippen LogP contribution < -0.4 is 15.4 Å². The van der Waals surface area contributed by atoms with Crippen LogP contribution in [-0.4, -0.2) is 24.2 Å². The second-order valence-corrected chi connectivity index (χ2v) is 4.87. The molecule has 2 N–H and O–H groups in total. The van der Waals surface area contributed by atoms with E-state index < -0.39 is 17.6 Å². The van der Waals surface area contributed by atoms with Crippen LogP contribution in [0.5, 0.6) is 5.75 Å². The summed E-state index contributed by atoms with van der Waals surface area (Å²) in [6.45, 7) is 3.40. The molecule has 0 saturated carbocycles. The van der Waals surface area contributed by atoms with Crippen LogP contribution in [0.4, 0.5) is 24.7 Å². The first-order valence-corrected chi connectivity index (χ1v) is 7.10. The summed E-state index contributed by atoms with van der Waals surface area (Å²) in [6.07, 6.45) is -4.48. The minimum Gasteiger partial charge on any atom is -0.492 e. The summed E-state index contributed by atoms with van der Waals surface area (Å²) in [5, 5.41) is 8.70. The predicted molar refractivity (Wildman–Crippen MR) is 81.0 cm³/mol. The number of amides is 1. The number of aryl methyl sites for hydroxylation is 1. The van der Waals surface area contributed by atoms with Crippen LogP contribution in [0.1, 0.15) is 18.2 Å². The highest BCUT2D eigenvalue weighted by molar-refractivity contribution is 5.93. The molecule has 0 aliphatic rings. The Labute approximate surface area is 136 Å². The summed E-state index contributed by atoms with van der Waals surface area (Å²) >= 11 is 0. The molecule has 2 aromatic rings. The van der Waals surface area contributed by atoms with Gasteiger partial charge in [0.1, 0.15) is 11.5 Å². The largest absolute Gasteiger partial charge is 0.492 e. The molecule has 0 aliphatic heterocycles.